The van der Waals surface area contributed by atoms with Crippen LogP contribution in [0.5, 0.6) is 11.5 Å². The molecule has 0 fully saturated rings. The molecule has 4 rings (SSSR count). The van der Waals surface area contributed by atoms with Crippen molar-refractivity contribution in [1.82, 2.24) is 10.2 Å². The summed E-state index contributed by atoms with van der Waals surface area (Å²) < 4.78 is 29.7. The summed E-state index contributed by atoms with van der Waals surface area (Å²) in [6.45, 7) is 1.16. The van der Waals surface area contributed by atoms with Crippen molar-refractivity contribution in [3.8, 4) is 23.0 Å². The molecule has 3 aromatic rings. The van der Waals surface area contributed by atoms with Gasteiger partial charge in [-0.3, -0.25) is 4.79 Å². The van der Waals surface area contributed by atoms with Crippen LogP contribution in [0.2, 0.25) is 0 Å². The van der Waals surface area contributed by atoms with E-state index in [4.69, 9.17) is 13.9 Å². The Kier molecular flexibility index (Phi) is 5.06. The van der Waals surface area contributed by atoms with E-state index in [-0.39, 0.29) is 28.5 Å². The molecule has 27 heavy (non-hydrogen) atoms. The molecule has 0 N–H and O–H groups in total. The maximum atomic E-state index is 13.0. The highest BCUT2D eigenvalue weighted by Gasteiger charge is 2.16. The fourth-order valence-electron chi connectivity index (χ4n) is 2.52. The van der Waals surface area contributed by atoms with Crippen LogP contribution in [0.25, 0.3) is 11.5 Å². The van der Waals surface area contributed by atoms with Crippen molar-refractivity contribution in [2.24, 2.45) is 0 Å². The molecule has 138 valence electrons. The van der Waals surface area contributed by atoms with Crippen molar-refractivity contribution in [3.05, 3.63) is 53.8 Å². The first kappa shape index (κ1) is 17.5. The third-order valence-corrected chi connectivity index (χ3v) is 4.71. The number of ketones is 1. The molecule has 0 radical (unpaired) electrons. The fourth-order valence-corrected chi connectivity index (χ4v) is 3.18. The van der Waals surface area contributed by atoms with Gasteiger partial charge in [-0.05, 0) is 42.5 Å². The van der Waals surface area contributed by atoms with Gasteiger partial charge < -0.3 is 13.9 Å². The van der Waals surface area contributed by atoms with Crippen LogP contribution >= 0.6 is 11.8 Å². The molecule has 2 heterocycles. The molecule has 0 saturated heterocycles. The normalized spacial score (nSPS) is 13.2. The summed E-state index contributed by atoms with van der Waals surface area (Å²) in [5.74, 6) is 1.23. The van der Waals surface area contributed by atoms with Gasteiger partial charge >= 0.3 is 0 Å². The number of carbonyl (C=O) groups excluding carboxylic acids is 1. The van der Waals surface area contributed by atoms with Crippen LogP contribution in [0.3, 0.4) is 0 Å². The zero-order valence-corrected chi connectivity index (χ0v) is 15.0. The van der Waals surface area contributed by atoms with E-state index >= 15 is 0 Å². The predicted octanol–water partition coefficient (Wildman–Crippen LogP) is 4.01. The summed E-state index contributed by atoms with van der Waals surface area (Å²) in [6, 6.07) is 10.9. The van der Waals surface area contributed by atoms with Crippen LogP contribution in [0.15, 0.2) is 52.1 Å². The van der Waals surface area contributed by atoms with Gasteiger partial charge in [0, 0.05) is 17.5 Å². The minimum atomic E-state index is -0.339. The summed E-state index contributed by atoms with van der Waals surface area (Å²) in [5.41, 5.74) is 1.15. The number of nitrogens with zero attached hydrogens (tertiary/aromatic N) is 2. The number of ether oxygens (including phenoxy) is 2. The SMILES string of the molecule is O=C(CSc1nnc(-c2ccc(F)cc2)o1)c1ccc2c(c1)OCCCO2. The average molecular weight is 386 g/mol. The van der Waals surface area contributed by atoms with E-state index in [1.54, 1.807) is 30.3 Å². The second kappa shape index (κ2) is 7.79. The molecule has 1 aromatic heterocycles. The molecule has 8 heteroatoms. The van der Waals surface area contributed by atoms with Crippen molar-refractivity contribution in [2.45, 2.75) is 11.6 Å². The van der Waals surface area contributed by atoms with Crippen LogP contribution in [0, 0.1) is 5.82 Å². The number of hydrogen-bond donors (Lipinski definition) is 0. The Morgan fingerprint density at radius 1 is 1.04 bits per heavy atom. The lowest BCUT2D eigenvalue weighted by atomic mass is 10.1. The van der Waals surface area contributed by atoms with Gasteiger partial charge in [-0.25, -0.2) is 4.39 Å². The highest BCUT2D eigenvalue weighted by Crippen LogP contribution is 2.31. The number of hydrogen-bond acceptors (Lipinski definition) is 7. The molecular formula is C19H15FN2O4S. The Labute approximate surface area is 158 Å². The van der Waals surface area contributed by atoms with Gasteiger partial charge in [-0.1, -0.05) is 11.8 Å². The number of fused-ring (bicyclic) bond motifs is 1. The minimum absolute atomic E-state index is 0.0859. The Morgan fingerprint density at radius 3 is 2.63 bits per heavy atom. The molecule has 0 spiro atoms. The second-order valence-corrected chi connectivity index (χ2v) is 6.73. The van der Waals surface area contributed by atoms with Gasteiger partial charge in [0.15, 0.2) is 17.3 Å². The van der Waals surface area contributed by atoms with Crippen LogP contribution in [0.1, 0.15) is 16.8 Å². The second-order valence-electron chi connectivity index (χ2n) is 5.80. The van der Waals surface area contributed by atoms with Crippen molar-refractivity contribution < 1.29 is 23.1 Å². The lowest BCUT2D eigenvalue weighted by Gasteiger charge is -2.08. The maximum absolute atomic E-state index is 13.0. The Balaban J connectivity index is 1.41. The first-order valence-corrected chi connectivity index (χ1v) is 9.33. The number of benzene rings is 2. The Morgan fingerprint density at radius 2 is 1.81 bits per heavy atom. The largest absolute Gasteiger partial charge is 0.490 e. The fraction of sp³-hybridized carbons (Fsp3) is 0.211. The number of rotatable bonds is 5. The quantitative estimate of drug-likeness (QED) is 0.484. The molecule has 1 aliphatic heterocycles. The molecule has 0 atom stereocenters. The predicted molar refractivity (Wildman–Crippen MR) is 96.8 cm³/mol. The summed E-state index contributed by atoms with van der Waals surface area (Å²) in [7, 11) is 0. The van der Waals surface area contributed by atoms with E-state index in [1.165, 1.54) is 12.1 Å². The van der Waals surface area contributed by atoms with E-state index in [0.29, 0.717) is 35.8 Å². The summed E-state index contributed by atoms with van der Waals surface area (Å²) in [6.07, 6.45) is 0.807. The van der Waals surface area contributed by atoms with E-state index in [9.17, 15) is 9.18 Å². The standard InChI is InChI=1S/C19H15FN2O4S/c20-14-5-2-12(3-6-14)18-21-22-19(26-18)27-11-15(23)13-4-7-16-17(10-13)25-9-1-8-24-16/h2-7,10H,1,8-9,11H2. The average Bonchev–Trinajstić information content (AvgIpc) is 3.03. The number of carbonyl (C=O) groups is 1. The van der Waals surface area contributed by atoms with Crippen molar-refractivity contribution >= 4 is 17.5 Å². The van der Waals surface area contributed by atoms with Gasteiger partial charge in [0.05, 0.1) is 19.0 Å². The third-order valence-electron chi connectivity index (χ3n) is 3.89. The molecule has 0 aliphatic carbocycles. The zero-order chi connectivity index (χ0) is 18.6. The van der Waals surface area contributed by atoms with Gasteiger partial charge in [-0.2, -0.15) is 0 Å². The first-order valence-electron chi connectivity index (χ1n) is 8.34. The highest BCUT2D eigenvalue weighted by molar-refractivity contribution is 7.99. The van der Waals surface area contributed by atoms with Gasteiger partial charge in [0.25, 0.3) is 5.22 Å². The number of aromatic nitrogens is 2. The molecule has 2 aromatic carbocycles. The highest BCUT2D eigenvalue weighted by atomic mass is 32.2. The number of halogens is 1. The van der Waals surface area contributed by atoms with Gasteiger partial charge in [0.1, 0.15) is 5.82 Å². The smallest absolute Gasteiger partial charge is 0.277 e. The zero-order valence-electron chi connectivity index (χ0n) is 14.2. The molecule has 0 saturated carbocycles. The van der Waals surface area contributed by atoms with Gasteiger partial charge in [0.2, 0.25) is 5.89 Å². The topological polar surface area (TPSA) is 74.5 Å². The van der Waals surface area contributed by atoms with Crippen LogP contribution in [-0.4, -0.2) is 34.9 Å². The summed E-state index contributed by atoms with van der Waals surface area (Å²) >= 11 is 1.15. The first-order chi connectivity index (χ1) is 13.2. The molecular weight excluding hydrogens is 371 g/mol. The van der Waals surface area contributed by atoms with Gasteiger partial charge in [-0.15, -0.1) is 10.2 Å². The molecule has 1 aliphatic rings. The lowest BCUT2D eigenvalue weighted by molar-refractivity contribution is 0.102. The van der Waals surface area contributed by atoms with E-state index in [1.807, 2.05) is 0 Å². The maximum Gasteiger partial charge on any atom is 0.277 e. The van der Waals surface area contributed by atoms with Crippen molar-refractivity contribution in [3.63, 3.8) is 0 Å². The molecule has 0 bridgehead atoms. The molecule has 0 unspecified atom stereocenters. The van der Waals surface area contributed by atoms with Crippen molar-refractivity contribution in [1.29, 1.82) is 0 Å². The van der Waals surface area contributed by atoms with E-state index in [0.717, 1.165) is 18.2 Å². The Hall–Kier alpha value is -2.87. The molecule has 6 nitrogen and oxygen atoms in total. The van der Waals surface area contributed by atoms with Crippen LogP contribution < -0.4 is 9.47 Å². The minimum Gasteiger partial charge on any atom is -0.490 e. The third kappa shape index (κ3) is 4.11. The monoisotopic (exact) mass is 386 g/mol. The number of thioether (sulfide) groups is 1. The lowest BCUT2D eigenvalue weighted by Crippen LogP contribution is -2.03. The van der Waals surface area contributed by atoms with E-state index < -0.39 is 0 Å². The summed E-state index contributed by atoms with van der Waals surface area (Å²) in [4.78, 5) is 12.5. The van der Waals surface area contributed by atoms with Crippen LogP contribution in [0.4, 0.5) is 4.39 Å². The van der Waals surface area contributed by atoms with E-state index in [2.05, 4.69) is 10.2 Å². The van der Waals surface area contributed by atoms with Crippen LogP contribution in [-0.2, 0) is 0 Å². The van der Waals surface area contributed by atoms with Crippen molar-refractivity contribution in [2.75, 3.05) is 19.0 Å². The Bertz CT molecular complexity index is 959. The molecule has 0 amide bonds. The summed E-state index contributed by atoms with van der Waals surface area (Å²) in [5, 5.41) is 8.12. The number of Topliss-reactive ketones (excluding diaryl/α,β-unsaturated/α-hetero) is 1.